The molecule has 0 aliphatic heterocycles. The first-order chi connectivity index (χ1) is 10.3. The van der Waals surface area contributed by atoms with E-state index in [4.69, 9.17) is 0 Å². The Bertz CT molecular complexity index is 602. The first-order valence-corrected chi connectivity index (χ1v) is 7.46. The fourth-order valence-electron chi connectivity index (χ4n) is 2.27. The third-order valence-corrected chi connectivity index (χ3v) is 3.52. The van der Waals surface area contributed by atoms with Crippen LogP contribution in [0.25, 0.3) is 11.1 Å². The SMILES string of the molecule is CCc1ccccc1C.c1ccc(-c2ccccc2)cc1. The van der Waals surface area contributed by atoms with Crippen LogP contribution in [0.1, 0.15) is 18.1 Å². The normalized spacial score (nSPS) is 9.62. The topological polar surface area (TPSA) is 0 Å². The number of rotatable bonds is 2. The molecule has 0 aromatic heterocycles. The van der Waals surface area contributed by atoms with E-state index in [0.29, 0.717) is 0 Å². The average molecular weight is 274 g/mol. The first kappa shape index (κ1) is 15.1. The van der Waals surface area contributed by atoms with E-state index < -0.39 is 0 Å². The van der Waals surface area contributed by atoms with Gasteiger partial charge < -0.3 is 0 Å². The van der Waals surface area contributed by atoms with Gasteiger partial charge in [-0.1, -0.05) is 91.9 Å². The Balaban J connectivity index is 0.000000161. The van der Waals surface area contributed by atoms with Gasteiger partial charge in [-0.25, -0.2) is 0 Å². The Morgan fingerprint density at radius 2 is 1.00 bits per heavy atom. The summed E-state index contributed by atoms with van der Waals surface area (Å²) in [6.45, 7) is 4.33. The molecule has 0 atom stereocenters. The van der Waals surface area contributed by atoms with Crippen molar-refractivity contribution in [1.82, 2.24) is 0 Å². The lowest BCUT2D eigenvalue weighted by molar-refractivity contribution is 1.11. The summed E-state index contributed by atoms with van der Waals surface area (Å²) in [6, 6.07) is 29.3. The van der Waals surface area contributed by atoms with Crippen molar-refractivity contribution in [2.24, 2.45) is 0 Å². The van der Waals surface area contributed by atoms with Gasteiger partial charge in [-0.15, -0.1) is 0 Å². The van der Waals surface area contributed by atoms with Gasteiger partial charge in [0.05, 0.1) is 0 Å². The Kier molecular flexibility index (Phi) is 5.78. The molecule has 0 N–H and O–H groups in total. The van der Waals surface area contributed by atoms with Crippen LogP contribution in [-0.2, 0) is 6.42 Å². The summed E-state index contributed by atoms with van der Waals surface area (Å²) in [7, 11) is 0. The molecule has 0 aliphatic rings. The van der Waals surface area contributed by atoms with E-state index in [1.165, 1.54) is 22.3 Å². The monoisotopic (exact) mass is 274 g/mol. The lowest BCUT2D eigenvalue weighted by Crippen LogP contribution is -1.82. The van der Waals surface area contributed by atoms with Crippen LogP contribution in [0.3, 0.4) is 0 Å². The zero-order valence-corrected chi connectivity index (χ0v) is 12.8. The van der Waals surface area contributed by atoms with Crippen LogP contribution in [0, 0.1) is 6.92 Å². The highest BCUT2D eigenvalue weighted by Gasteiger charge is 1.92. The molecule has 3 aromatic carbocycles. The van der Waals surface area contributed by atoms with Crippen LogP contribution < -0.4 is 0 Å². The molecule has 0 bridgehead atoms. The van der Waals surface area contributed by atoms with Crippen LogP contribution in [0.15, 0.2) is 84.9 Å². The molecule has 3 rings (SSSR count). The van der Waals surface area contributed by atoms with Gasteiger partial charge in [-0.05, 0) is 35.6 Å². The molecule has 0 fully saturated rings. The van der Waals surface area contributed by atoms with Crippen molar-refractivity contribution in [3.05, 3.63) is 96.1 Å². The molecule has 106 valence electrons. The van der Waals surface area contributed by atoms with Crippen LogP contribution in [-0.4, -0.2) is 0 Å². The third kappa shape index (κ3) is 4.61. The van der Waals surface area contributed by atoms with E-state index in [-0.39, 0.29) is 0 Å². The Hall–Kier alpha value is -2.34. The molecule has 0 amide bonds. The highest BCUT2D eigenvalue weighted by Crippen LogP contribution is 2.17. The van der Waals surface area contributed by atoms with Crippen LogP contribution in [0.2, 0.25) is 0 Å². The summed E-state index contributed by atoms with van der Waals surface area (Å²) in [4.78, 5) is 0. The summed E-state index contributed by atoms with van der Waals surface area (Å²) in [5, 5.41) is 0. The standard InChI is InChI=1S/C12H10.C9H12/c1-3-7-11(8-4-1)12-9-5-2-6-10-12;1-3-9-7-5-4-6-8(9)2/h1-10H;4-7H,3H2,1-2H3. The molecule has 3 aromatic rings. The Labute approximate surface area is 128 Å². The zero-order valence-electron chi connectivity index (χ0n) is 12.8. The summed E-state index contributed by atoms with van der Waals surface area (Å²) in [5.74, 6) is 0. The Morgan fingerprint density at radius 1 is 0.571 bits per heavy atom. The second kappa shape index (κ2) is 8.06. The quantitative estimate of drug-likeness (QED) is 0.545. The summed E-state index contributed by atoms with van der Waals surface area (Å²) in [5.41, 5.74) is 5.41. The number of hydrogen-bond donors (Lipinski definition) is 0. The summed E-state index contributed by atoms with van der Waals surface area (Å²) in [6.07, 6.45) is 1.15. The van der Waals surface area contributed by atoms with Crippen molar-refractivity contribution in [3.8, 4) is 11.1 Å². The fraction of sp³-hybridized carbons (Fsp3) is 0.143. The smallest absolute Gasteiger partial charge is 0.0184 e. The van der Waals surface area contributed by atoms with Crippen molar-refractivity contribution in [3.63, 3.8) is 0 Å². The predicted molar refractivity (Wildman–Crippen MR) is 92.4 cm³/mol. The van der Waals surface area contributed by atoms with E-state index >= 15 is 0 Å². The molecule has 0 unspecified atom stereocenters. The molecule has 0 saturated carbocycles. The van der Waals surface area contributed by atoms with E-state index in [2.05, 4.69) is 86.6 Å². The highest BCUT2D eigenvalue weighted by atomic mass is 14.0. The maximum absolute atomic E-state index is 2.18. The van der Waals surface area contributed by atoms with Gasteiger partial charge in [0, 0.05) is 0 Å². The third-order valence-electron chi connectivity index (χ3n) is 3.52. The molecule has 21 heavy (non-hydrogen) atoms. The molecule has 0 nitrogen and oxygen atoms in total. The molecule has 0 radical (unpaired) electrons. The maximum atomic E-state index is 2.18. The molecular formula is C21H22. The van der Waals surface area contributed by atoms with Crippen molar-refractivity contribution >= 4 is 0 Å². The van der Waals surface area contributed by atoms with E-state index in [1.807, 2.05) is 12.1 Å². The van der Waals surface area contributed by atoms with Crippen molar-refractivity contribution < 1.29 is 0 Å². The van der Waals surface area contributed by atoms with Gasteiger partial charge in [0.15, 0.2) is 0 Å². The molecular weight excluding hydrogens is 252 g/mol. The average Bonchev–Trinajstić information content (AvgIpc) is 2.58. The minimum atomic E-state index is 1.15. The number of hydrogen-bond acceptors (Lipinski definition) is 0. The second-order valence-corrected chi connectivity index (χ2v) is 5.01. The number of aryl methyl sites for hydroxylation is 2. The van der Waals surface area contributed by atoms with Gasteiger partial charge in [-0.2, -0.15) is 0 Å². The van der Waals surface area contributed by atoms with E-state index in [9.17, 15) is 0 Å². The highest BCUT2D eigenvalue weighted by molar-refractivity contribution is 5.62. The molecule has 0 spiro atoms. The van der Waals surface area contributed by atoms with Gasteiger partial charge in [-0.3, -0.25) is 0 Å². The molecule has 0 aliphatic carbocycles. The van der Waals surface area contributed by atoms with Crippen LogP contribution in [0.4, 0.5) is 0 Å². The van der Waals surface area contributed by atoms with E-state index in [1.54, 1.807) is 0 Å². The summed E-state index contributed by atoms with van der Waals surface area (Å²) < 4.78 is 0. The second-order valence-electron chi connectivity index (χ2n) is 5.01. The first-order valence-electron chi connectivity index (χ1n) is 7.46. The minimum Gasteiger partial charge on any atom is -0.0622 e. The fourth-order valence-corrected chi connectivity index (χ4v) is 2.27. The van der Waals surface area contributed by atoms with Gasteiger partial charge >= 0.3 is 0 Å². The van der Waals surface area contributed by atoms with Crippen LogP contribution in [0.5, 0.6) is 0 Å². The largest absolute Gasteiger partial charge is 0.0622 e. The van der Waals surface area contributed by atoms with Gasteiger partial charge in [0.2, 0.25) is 0 Å². The van der Waals surface area contributed by atoms with Gasteiger partial charge in [0.1, 0.15) is 0 Å². The van der Waals surface area contributed by atoms with E-state index in [0.717, 1.165) is 6.42 Å². The minimum absolute atomic E-state index is 1.15. The maximum Gasteiger partial charge on any atom is -0.0184 e. The number of benzene rings is 3. The lowest BCUT2D eigenvalue weighted by atomic mass is 10.1. The van der Waals surface area contributed by atoms with Crippen LogP contribution >= 0.6 is 0 Å². The Morgan fingerprint density at radius 3 is 1.38 bits per heavy atom. The molecule has 0 heterocycles. The van der Waals surface area contributed by atoms with Crippen molar-refractivity contribution in [2.75, 3.05) is 0 Å². The van der Waals surface area contributed by atoms with Crippen molar-refractivity contribution in [1.29, 1.82) is 0 Å². The molecule has 0 heteroatoms. The van der Waals surface area contributed by atoms with Crippen molar-refractivity contribution in [2.45, 2.75) is 20.3 Å². The predicted octanol–water partition coefficient (Wildman–Crippen LogP) is 5.91. The van der Waals surface area contributed by atoms with Gasteiger partial charge in [0.25, 0.3) is 0 Å². The zero-order chi connectivity index (χ0) is 14.9. The summed E-state index contributed by atoms with van der Waals surface area (Å²) >= 11 is 0. The lowest BCUT2D eigenvalue weighted by Gasteiger charge is -1.98. The molecule has 0 saturated heterocycles.